The van der Waals surface area contributed by atoms with Gasteiger partial charge in [-0.15, -0.1) is 11.3 Å². The van der Waals surface area contributed by atoms with E-state index in [4.69, 9.17) is 9.90 Å². The molecule has 0 radical (unpaired) electrons. The number of hydrogen-bond acceptors (Lipinski definition) is 6. The van der Waals surface area contributed by atoms with E-state index in [1.807, 2.05) is 11.3 Å². The maximum Gasteiger partial charge on any atom is 0.490 e. The molecule has 0 bridgehead atoms. The number of aryl methyl sites for hydroxylation is 1. The molecule has 2 atom stereocenters. The zero-order valence-electron chi connectivity index (χ0n) is 18.0. The first-order valence-electron chi connectivity index (χ1n) is 10.8. The van der Waals surface area contributed by atoms with Crippen LogP contribution in [0, 0.1) is 18.8 Å². The van der Waals surface area contributed by atoms with E-state index < -0.39 is 17.7 Å². The van der Waals surface area contributed by atoms with Crippen molar-refractivity contribution in [1.29, 1.82) is 0 Å². The largest absolute Gasteiger partial charge is 0.490 e. The fourth-order valence-electron chi connectivity index (χ4n) is 4.62. The Balaban J connectivity index is 0.000000325. The van der Waals surface area contributed by atoms with Gasteiger partial charge in [-0.25, -0.2) is 9.48 Å². The molecule has 0 aromatic carbocycles. The number of aliphatic carboxylic acids is 1. The standard InChI is InChI=1S/C19H24N4O2S.C2HF3O2/c1-12-5-6-26-16(12)11-21-8-14-9-22-17(15(14)10-21)20-23(19(25)18(22)24)7-13-3-2-4-13;3-2(4,5)1(6)7/h5-6,13-15H,2-4,7-11H2,1H3;(H,6,7). The molecular formula is C21H25F3N4O4S. The van der Waals surface area contributed by atoms with Gasteiger partial charge in [0.25, 0.3) is 0 Å². The van der Waals surface area contributed by atoms with Gasteiger partial charge < -0.3 is 5.11 Å². The van der Waals surface area contributed by atoms with E-state index in [-0.39, 0.29) is 11.5 Å². The Labute approximate surface area is 191 Å². The lowest BCUT2D eigenvalue weighted by Crippen LogP contribution is -2.45. The summed E-state index contributed by atoms with van der Waals surface area (Å²) in [5.74, 6) is -0.732. The Hall–Kier alpha value is -2.47. The van der Waals surface area contributed by atoms with E-state index >= 15 is 0 Å². The van der Waals surface area contributed by atoms with Gasteiger partial charge in [-0.3, -0.25) is 19.1 Å². The third-order valence-electron chi connectivity index (χ3n) is 6.66. The molecule has 0 amide bonds. The number of rotatable bonds is 4. The van der Waals surface area contributed by atoms with E-state index in [0.717, 1.165) is 38.3 Å². The summed E-state index contributed by atoms with van der Waals surface area (Å²) in [6.07, 6.45) is -1.57. The lowest BCUT2D eigenvalue weighted by atomic mass is 9.85. The van der Waals surface area contributed by atoms with Gasteiger partial charge in [-0.05, 0) is 42.7 Å². The number of nitrogens with zero attached hydrogens (tertiary/aromatic N) is 4. The molecule has 2 aliphatic heterocycles. The summed E-state index contributed by atoms with van der Waals surface area (Å²) < 4.78 is 34.9. The van der Waals surface area contributed by atoms with Gasteiger partial charge in [0.05, 0.1) is 0 Å². The molecule has 1 saturated carbocycles. The van der Waals surface area contributed by atoms with Crippen molar-refractivity contribution in [2.45, 2.75) is 57.9 Å². The fraction of sp³-hybridized carbons (Fsp3) is 0.619. The van der Waals surface area contributed by atoms with Crippen molar-refractivity contribution >= 4 is 17.3 Å². The van der Waals surface area contributed by atoms with Crippen LogP contribution in [0.15, 0.2) is 21.0 Å². The number of aromatic nitrogens is 3. The number of halogens is 3. The number of fused-ring (bicyclic) bond motifs is 3. The maximum atomic E-state index is 12.6. The highest BCUT2D eigenvalue weighted by Crippen LogP contribution is 2.38. The molecule has 2 aromatic rings. The molecule has 2 aromatic heterocycles. The molecule has 180 valence electrons. The Bertz CT molecular complexity index is 1150. The van der Waals surface area contributed by atoms with Gasteiger partial charge in [0.15, 0.2) is 0 Å². The van der Waals surface area contributed by atoms with Crippen molar-refractivity contribution in [2.24, 2.45) is 11.8 Å². The topological polar surface area (TPSA) is 97.4 Å². The zero-order chi connectivity index (χ0) is 23.9. The molecule has 2 unspecified atom stereocenters. The SMILES string of the molecule is Cc1ccsc1CN1CC2Cn3c(nn(CC4CCC4)c(=O)c3=O)C2C1.O=C(O)C(F)(F)F. The minimum absolute atomic E-state index is 0.274. The van der Waals surface area contributed by atoms with Gasteiger partial charge in [0, 0.05) is 49.4 Å². The van der Waals surface area contributed by atoms with Crippen molar-refractivity contribution in [1.82, 2.24) is 19.2 Å². The quantitative estimate of drug-likeness (QED) is 0.667. The number of carboxylic acid groups (broad SMARTS) is 1. The van der Waals surface area contributed by atoms with Gasteiger partial charge in [-0.1, -0.05) is 6.42 Å². The molecule has 3 aliphatic rings. The van der Waals surface area contributed by atoms with Crippen LogP contribution >= 0.6 is 11.3 Å². The summed E-state index contributed by atoms with van der Waals surface area (Å²) in [4.78, 5) is 37.8. The Morgan fingerprint density at radius 2 is 1.91 bits per heavy atom. The average Bonchev–Trinajstić information content (AvgIpc) is 3.37. The van der Waals surface area contributed by atoms with Crippen LogP contribution < -0.4 is 11.1 Å². The summed E-state index contributed by atoms with van der Waals surface area (Å²) in [5.41, 5.74) is 0.548. The van der Waals surface area contributed by atoms with Crippen LogP contribution in [0.25, 0.3) is 0 Å². The predicted octanol–water partition coefficient (Wildman–Crippen LogP) is 2.44. The zero-order valence-corrected chi connectivity index (χ0v) is 18.9. The Kier molecular flexibility index (Phi) is 6.50. The Morgan fingerprint density at radius 1 is 1.21 bits per heavy atom. The van der Waals surface area contributed by atoms with Crippen molar-refractivity contribution in [3.8, 4) is 0 Å². The van der Waals surface area contributed by atoms with E-state index in [1.54, 1.807) is 4.57 Å². The molecule has 1 saturated heterocycles. The van der Waals surface area contributed by atoms with Gasteiger partial charge >= 0.3 is 23.3 Å². The molecule has 33 heavy (non-hydrogen) atoms. The second kappa shape index (κ2) is 9.05. The molecule has 1 N–H and O–H groups in total. The van der Waals surface area contributed by atoms with Crippen molar-refractivity contribution in [3.05, 3.63) is 48.4 Å². The minimum atomic E-state index is -5.08. The third kappa shape index (κ3) is 4.91. The van der Waals surface area contributed by atoms with Crippen LogP contribution in [0.5, 0.6) is 0 Å². The fourth-order valence-corrected chi connectivity index (χ4v) is 5.57. The molecule has 12 heteroatoms. The normalized spacial score (nSPS) is 22.3. The summed E-state index contributed by atoms with van der Waals surface area (Å²) in [5, 5.41) is 13.9. The first-order valence-corrected chi connectivity index (χ1v) is 11.7. The second-order valence-corrected chi connectivity index (χ2v) is 9.95. The number of carbonyl (C=O) groups is 1. The predicted molar refractivity (Wildman–Crippen MR) is 114 cm³/mol. The molecule has 0 spiro atoms. The van der Waals surface area contributed by atoms with Crippen LogP contribution in [-0.4, -0.2) is 49.6 Å². The van der Waals surface area contributed by atoms with Crippen LogP contribution in [0.2, 0.25) is 0 Å². The molecule has 1 aliphatic carbocycles. The highest BCUT2D eigenvalue weighted by Gasteiger charge is 2.43. The van der Waals surface area contributed by atoms with Crippen LogP contribution in [0.4, 0.5) is 13.2 Å². The monoisotopic (exact) mass is 486 g/mol. The summed E-state index contributed by atoms with van der Waals surface area (Å²) in [6.45, 7) is 6.29. The highest BCUT2D eigenvalue weighted by atomic mass is 32.1. The van der Waals surface area contributed by atoms with E-state index in [0.29, 0.717) is 24.9 Å². The van der Waals surface area contributed by atoms with Crippen molar-refractivity contribution < 1.29 is 23.1 Å². The lowest BCUT2D eigenvalue weighted by molar-refractivity contribution is -0.192. The summed E-state index contributed by atoms with van der Waals surface area (Å²) in [7, 11) is 0. The number of hydrogen-bond donors (Lipinski definition) is 1. The molecule has 5 rings (SSSR count). The number of likely N-dealkylation sites (tertiary alicyclic amines) is 1. The molecule has 2 fully saturated rings. The van der Waals surface area contributed by atoms with Gasteiger partial charge in [0.1, 0.15) is 5.82 Å². The Morgan fingerprint density at radius 3 is 2.45 bits per heavy atom. The average molecular weight is 487 g/mol. The second-order valence-electron chi connectivity index (χ2n) is 8.95. The van der Waals surface area contributed by atoms with Crippen LogP contribution in [0.1, 0.15) is 41.4 Å². The molecule has 8 nitrogen and oxygen atoms in total. The van der Waals surface area contributed by atoms with E-state index in [2.05, 4.69) is 28.4 Å². The first-order chi connectivity index (χ1) is 15.5. The summed E-state index contributed by atoms with van der Waals surface area (Å²) >= 11 is 1.81. The van der Waals surface area contributed by atoms with Crippen molar-refractivity contribution in [2.75, 3.05) is 13.1 Å². The van der Waals surface area contributed by atoms with E-state index in [1.165, 1.54) is 21.5 Å². The van der Waals surface area contributed by atoms with Crippen LogP contribution in [0.3, 0.4) is 0 Å². The molecular weight excluding hydrogens is 461 g/mol. The van der Waals surface area contributed by atoms with E-state index in [9.17, 15) is 22.8 Å². The number of thiophene rings is 1. The van der Waals surface area contributed by atoms with Crippen LogP contribution in [-0.2, 0) is 24.4 Å². The number of carboxylic acids is 1. The first kappa shape index (κ1) is 23.7. The lowest BCUT2D eigenvalue weighted by Gasteiger charge is -2.25. The third-order valence-corrected chi connectivity index (χ3v) is 7.67. The van der Waals surface area contributed by atoms with Crippen molar-refractivity contribution in [3.63, 3.8) is 0 Å². The summed E-state index contributed by atoms with van der Waals surface area (Å²) in [6, 6.07) is 2.17. The number of alkyl halides is 3. The minimum Gasteiger partial charge on any atom is -0.475 e. The highest BCUT2D eigenvalue weighted by molar-refractivity contribution is 7.10. The van der Waals surface area contributed by atoms with Gasteiger partial charge in [-0.2, -0.15) is 18.3 Å². The van der Waals surface area contributed by atoms with Gasteiger partial charge in [0.2, 0.25) is 0 Å². The maximum absolute atomic E-state index is 12.6. The molecule has 4 heterocycles. The smallest absolute Gasteiger partial charge is 0.475 e.